The Morgan fingerprint density at radius 1 is 0.844 bits per heavy atom. The summed E-state index contributed by atoms with van der Waals surface area (Å²) in [7, 11) is 0. The number of para-hydroxylation sites is 2. The summed E-state index contributed by atoms with van der Waals surface area (Å²) in [6.07, 6.45) is 3.24. The van der Waals surface area contributed by atoms with Crippen molar-refractivity contribution in [3.63, 3.8) is 0 Å². The number of β-amino-alcohol motifs (C(OH)–C–C–N with tert-alkyl or cyclic N) is 1. The Labute approximate surface area is 377 Å². The molecule has 2 heterocycles. The monoisotopic (exact) mass is 897 g/mol. The van der Waals surface area contributed by atoms with Crippen LogP contribution in [0.15, 0.2) is 78.3 Å². The molecule has 7 N–H and O–H groups in total. The number of hydrogen-bond donors (Lipinski definition) is 7. The van der Waals surface area contributed by atoms with Crippen molar-refractivity contribution >= 4 is 64.0 Å². The quantitative estimate of drug-likeness (QED) is 0.0426. The predicted octanol–water partition coefficient (Wildman–Crippen LogP) is 6.96. The summed E-state index contributed by atoms with van der Waals surface area (Å²) in [5, 5.41) is 33.1. The molecule has 1 aliphatic rings. The lowest BCUT2D eigenvalue weighted by molar-refractivity contribution is -0.144. The fourth-order valence-electron chi connectivity index (χ4n) is 7.29. The molecule has 0 saturated carbocycles. The number of thiazole rings is 1. The maximum Gasteiger partial charge on any atom is 0.409 e. The van der Waals surface area contributed by atoms with Gasteiger partial charge >= 0.3 is 6.09 Å². The summed E-state index contributed by atoms with van der Waals surface area (Å²) in [6.45, 7) is 8.11. The maximum atomic E-state index is 13.9. The second-order valence-electron chi connectivity index (χ2n) is 16.9. The molecule has 1 saturated heterocycles. The fraction of sp³-hybridized carbons (Fsp3) is 0.426. The van der Waals surface area contributed by atoms with Gasteiger partial charge in [0.15, 0.2) is 0 Å². The first-order chi connectivity index (χ1) is 30.6. The van der Waals surface area contributed by atoms with Gasteiger partial charge in [-0.25, -0.2) is 9.78 Å². The van der Waals surface area contributed by atoms with Crippen molar-refractivity contribution < 1.29 is 43.7 Å². The van der Waals surface area contributed by atoms with Gasteiger partial charge in [0, 0.05) is 43.8 Å². The zero-order valence-corrected chi connectivity index (χ0v) is 37.6. The van der Waals surface area contributed by atoms with Gasteiger partial charge in [0.05, 0.1) is 33.6 Å². The van der Waals surface area contributed by atoms with E-state index in [4.69, 9.17) is 9.84 Å². The number of nitrogens with one attached hydrogen (secondary N) is 5. The highest BCUT2D eigenvalue weighted by atomic mass is 32.1. The molecular weight excluding hydrogens is 839 g/mol. The molecule has 0 unspecified atom stereocenters. The van der Waals surface area contributed by atoms with Crippen LogP contribution < -0.4 is 26.6 Å². The molecule has 64 heavy (non-hydrogen) atoms. The molecule has 0 radical (unpaired) electrons. The topological polar surface area (TPSA) is 228 Å². The van der Waals surface area contributed by atoms with Gasteiger partial charge in [-0.15, -0.1) is 11.3 Å². The molecule has 342 valence electrons. The minimum atomic E-state index is -1.25. The average Bonchev–Trinajstić information content (AvgIpc) is 3.87. The van der Waals surface area contributed by atoms with Crippen LogP contribution in [-0.2, 0) is 30.5 Å². The number of nitrogens with zero attached hydrogens (tertiary/aromatic N) is 2. The molecule has 16 nitrogen and oxygen atoms in total. The van der Waals surface area contributed by atoms with E-state index in [1.165, 1.54) is 11.0 Å². The van der Waals surface area contributed by atoms with Gasteiger partial charge in [0.25, 0.3) is 5.91 Å². The van der Waals surface area contributed by atoms with E-state index >= 15 is 0 Å². The summed E-state index contributed by atoms with van der Waals surface area (Å²) in [5.74, 6) is -1.77. The highest BCUT2D eigenvalue weighted by Gasteiger charge is 2.44. The summed E-state index contributed by atoms with van der Waals surface area (Å²) < 4.78 is 5.54. The molecule has 0 bridgehead atoms. The van der Waals surface area contributed by atoms with E-state index in [-0.39, 0.29) is 55.9 Å². The van der Waals surface area contributed by atoms with E-state index in [9.17, 15) is 33.9 Å². The molecule has 6 amide bonds. The van der Waals surface area contributed by atoms with Gasteiger partial charge in [-0.05, 0) is 72.7 Å². The van der Waals surface area contributed by atoms with E-state index in [0.29, 0.717) is 30.0 Å². The van der Waals surface area contributed by atoms with Crippen LogP contribution >= 0.6 is 11.3 Å². The number of likely N-dealkylation sites (tertiary alicyclic amines) is 1. The van der Waals surface area contributed by atoms with Crippen molar-refractivity contribution in [2.75, 3.05) is 35.7 Å². The second kappa shape index (κ2) is 23.5. The molecule has 1 fully saturated rings. The number of ether oxygens (including phenoxy) is 1. The zero-order valence-electron chi connectivity index (χ0n) is 36.8. The van der Waals surface area contributed by atoms with Crippen molar-refractivity contribution in [3.8, 4) is 10.4 Å². The van der Waals surface area contributed by atoms with Crippen molar-refractivity contribution in [3.05, 3.63) is 95.1 Å². The molecule has 4 aromatic rings. The highest BCUT2D eigenvalue weighted by Crippen LogP contribution is 2.29. The molecule has 17 heteroatoms. The van der Waals surface area contributed by atoms with Crippen molar-refractivity contribution in [1.29, 1.82) is 0 Å². The number of anilines is 3. The number of aliphatic hydroxyl groups is 1. The van der Waals surface area contributed by atoms with Gasteiger partial charge < -0.3 is 41.1 Å². The Morgan fingerprint density at radius 2 is 1.50 bits per heavy atom. The Kier molecular flexibility index (Phi) is 17.9. The molecule has 5 rings (SSSR count). The van der Waals surface area contributed by atoms with Crippen LogP contribution in [0, 0.1) is 12.3 Å². The lowest BCUT2D eigenvalue weighted by Gasteiger charge is -2.35. The van der Waals surface area contributed by atoms with E-state index < -0.39 is 41.5 Å². The molecule has 0 aliphatic carbocycles. The molecule has 3 aromatic carbocycles. The second-order valence-corrected chi connectivity index (χ2v) is 17.8. The average molecular weight is 898 g/mol. The number of benzene rings is 3. The largest absolute Gasteiger partial charge is 0.465 e. The maximum absolute atomic E-state index is 13.9. The van der Waals surface area contributed by atoms with Gasteiger partial charge in [-0.2, -0.15) is 0 Å². The number of unbranched alkanes of at least 4 members (excludes halogenated alkanes) is 5. The van der Waals surface area contributed by atoms with Crippen molar-refractivity contribution in [2.24, 2.45) is 5.41 Å². The molecule has 3 atom stereocenters. The summed E-state index contributed by atoms with van der Waals surface area (Å²) in [6, 6.07) is 18.8. The number of aromatic nitrogens is 1. The van der Waals surface area contributed by atoms with Crippen LogP contribution in [0.3, 0.4) is 0 Å². The van der Waals surface area contributed by atoms with Crippen molar-refractivity contribution in [1.82, 2.24) is 20.5 Å². The third-order valence-corrected chi connectivity index (χ3v) is 11.7. The normalized spacial score (nSPS) is 15.2. The fourth-order valence-corrected chi connectivity index (χ4v) is 8.10. The van der Waals surface area contributed by atoms with Crippen molar-refractivity contribution in [2.45, 2.75) is 104 Å². The number of carbonyl (C=O) groups is 6. The van der Waals surface area contributed by atoms with Crippen LogP contribution in [0.5, 0.6) is 0 Å². The minimum Gasteiger partial charge on any atom is -0.465 e. The number of aliphatic hydroxyl groups excluding tert-OH is 1. The predicted molar refractivity (Wildman–Crippen MR) is 246 cm³/mol. The smallest absolute Gasteiger partial charge is 0.409 e. The van der Waals surface area contributed by atoms with Crippen LogP contribution in [0.2, 0.25) is 0 Å². The van der Waals surface area contributed by atoms with Crippen LogP contribution in [0.1, 0.15) is 93.8 Å². The summed E-state index contributed by atoms with van der Waals surface area (Å²) in [5.41, 5.74) is 5.43. The number of aryl methyl sites for hydroxylation is 1. The molecule has 0 spiro atoms. The zero-order chi connectivity index (χ0) is 46.2. The van der Waals surface area contributed by atoms with E-state index in [0.717, 1.165) is 53.8 Å². The van der Waals surface area contributed by atoms with Gasteiger partial charge in [-0.1, -0.05) is 82.9 Å². The third kappa shape index (κ3) is 14.7. The third-order valence-electron chi connectivity index (χ3n) is 10.7. The summed E-state index contributed by atoms with van der Waals surface area (Å²) in [4.78, 5) is 83.4. The Hall–Kier alpha value is -6.17. The lowest BCUT2D eigenvalue weighted by Crippen LogP contribution is -2.57. The lowest BCUT2D eigenvalue weighted by atomic mass is 9.85. The van der Waals surface area contributed by atoms with E-state index in [1.807, 2.05) is 57.5 Å². The summed E-state index contributed by atoms with van der Waals surface area (Å²) >= 11 is 1.57. The molecule has 1 aromatic heterocycles. The number of carbonyl (C=O) groups excluding carboxylic acids is 5. The first-order valence-electron chi connectivity index (χ1n) is 21.5. The Bertz CT molecular complexity index is 2220. The highest BCUT2D eigenvalue weighted by molar-refractivity contribution is 7.13. The number of hydrogen-bond acceptors (Lipinski definition) is 10. The molecule has 1 aliphatic heterocycles. The van der Waals surface area contributed by atoms with E-state index in [2.05, 4.69) is 31.6 Å². The van der Waals surface area contributed by atoms with Gasteiger partial charge in [-0.3, -0.25) is 29.3 Å². The Balaban J connectivity index is 0.943. The van der Waals surface area contributed by atoms with Crippen LogP contribution in [-0.4, -0.2) is 93.7 Å². The first-order valence-corrected chi connectivity index (χ1v) is 22.4. The standard InChI is InChI=1S/C47H59N7O9S/c1-30-41(64-29-49-30)32-18-16-31(17-19-32)26-48-44(59)38-25-35(55)27-54(38)45(60)42(47(2,3)4)53-39(56)15-9-7-5-6-8-12-24-63-28-40(57)50-34-22-20-33(21-23-34)43(58)51-36-13-10-11-14-37(36)52-46(61)62/h10-11,13-14,16-23,29,35,38,42,52,55H,5-9,12,15,24-28H2,1-4H3,(H,48,59)(H,50,57)(H,51,58)(H,53,56)(H,61,62)/t35-,38+,42-/m1/s1. The van der Waals surface area contributed by atoms with Gasteiger partial charge in [0.1, 0.15) is 18.7 Å². The minimum absolute atomic E-state index is 0.00826. The first kappa shape index (κ1) is 48.9. The number of amides is 6. The number of rotatable bonds is 21. The number of carboxylic acid groups (broad SMARTS) is 1. The Morgan fingerprint density at radius 3 is 2.14 bits per heavy atom. The van der Waals surface area contributed by atoms with Crippen LogP contribution in [0.25, 0.3) is 10.4 Å². The molecular formula is C47H59N7O9S. The van der Waals surface area contributed by atoms with Gasteiger partial charge in [0.2, 0.25) is 23.6 Å². The van der Waals surface area contributed by atoms with Crippen LogP contribution in [0.4, 0.5) is 21.9 Å². The SMILES string of the molecule is Cc1ncsc1-c1ccc(CNC(=O)[C@@H]2C[C@@H](O)CN2C(=O)[C@@H](NC(=O)CCCCCCCCOCC(=O)Nc2ccc(C(=O)Nc3ccccc3NC(=O)O)cc2)C(C)(C)C)cc1. The van der Waals surface area contributed by atoms with E-state index in [1.54, 1.807) is 53.8 Å².